The molecule has 0 aliphatic heterocycles. The summed E-state index contributed by atoms with van der Waals surface area (Å²) in [6.45, 7) is 1.81. The fraction of sp³-hybridized carbons (Fsp3) is 0.0667. The molecule has 0 saturated carbocycles. The molecule has 0 aliphatic rings. The van der Waals surface area contributed by atoms with E-state index in [9.17, 15) is 12.8 Å². The van der Waals surface area contributed by atoms with Crippen LogP contribution < -0.4 is 5.73 Å². The third kappa shape index (κ3) is 5.08. The van der Waals surface area contributed by atoms with Gasteiger partial charge in [-0.05, 0) is 52.7 Å². The number of nitrogens with two attached hydrogens (primary N) is 1. The van der Waals surface area contributed by atoms with E-state index in [-0.39, 0.29) is 9.37 Å². The van der Waals surface area contributed by atoms with Crippen molar-refractivity contribution in [1.29, 1.82) is 5.41 Å². The Labute approximate surface area is 152 Å². The first-order chi connectivity index (χ1) is 11.7. The van der Waals surface area contributed by atoms with Crippen molar-refractivity contribution < 1.29 is 17.1 Å². The maximum atomic E-state index is 13.2. The highest BCUT2D eigenvalue weighted by molar-refractivity contribution is 9.10. The van der Waals surface area contributed by atoms with Gasteiger partial charge in [-0.25, -0.2) is 4.39 Å². The van der Waals surface area contributed by atoms with Gasteiger partial charge in [0, 0.05) is 0 Å². The van der Waals surface area contributed by atoms with E-state index in [2.05, 4.69) is 21.0 Å². The summed E-state index contributed by atoms with van der Waals surface area (Å²) in [6.07, 6.45) is 1.18. The number of rotatable bonds is 5. The molecule has 2 aromatic carbocycles. The summed E-state index contributed by atoms with van der Waals surface area (Å²) >= 11 is 3.02. The average Bonchev–Trinajstić information content (AvgIpc) is 2.54. The van der Waals surface area contributed by atoms with Gasteiger partial charge in [-0.15, -0.1) is 9.39 Å². The van der Waals surface area contributed by atoms with Crippen LogP contribution in [0, 0.1) is 18.2 Å². The summed E-state index contributed by atoms with van der Waals surface area (Å²) in [5, 5.41) is 11.5. The van der Waals surface area contributed by atoms with E-state index in [1.807, 2.05) is 6.92 Å². The minimum absolute atomic E-state index is 0.107. The molecule has 0 heterocycles. The monoisotopic (exact) mass is 428 g/mol. The van der Waals surface area contributed by atoms with E-state index in [1.165, 1.54) is 36.5 Å². The van der Waals surface area contributed by atoms with E-state index in [0.717, 1.165) is 5.56 Å². The lowest BCUT2D eigenvalue weighted by Crippen LogP contribution is -2.34. The van der Waals surface area contributed by atoms with Crippen molar-refractivity contribution in [3.8, 4) is 0 Å². The molecule has 0 atom stereocenters. The number of hydrogen-bond donors (Lipinski definition) is 2. The topological polar surface area (TPSA) is 109 Å². The van der Waals surface area contributed by atoms with Gasteiger partial charge in [0.05, 0.1) is 15.6 Å². The lowest BCUT2D eigenvalue weighted by atomic mass is 10.2. The van der Waals surface area contributed by atoms with Crippen LogP contribution in [0.3, 0.4) is 0 Å². The van der Waals surface area contributed by atoms with Crippen molar-refractivity contribution in [2.45, 2.75) is 11.8 Å². The Balaban J connectivity index is 2.23. The van der Waals surface area contributed by atoms with Gasteiger partial charge in [-0.3, -0.25) is 5.41 Å². The second kappa shape index (κ2) is 7.72. The lowest BCUT2D eigenvalue weighted by molar-refractivity contribution is 0.0284. The predicted octanol–water partition coefficient (Wildman–Crippen LogP) is 2.75. The van der Waals surface area contributed by atoms with Gasteiger partial charge in [0.15, 0.2) is 0 Å². The van der Waals surface area contributed by atoms with Crippen LogP contribution in [0.1, 0.15) is 11.1 Å². The number of nitrogens with zero attached hydrogens (tertiary/aromatic N) is 2. The van der Waals surface area contributed by atoms with Gasteiger partial charge in [0.25, 0.3) is 0 Å². The zero-order valence-corrected chi connectivity index (χ0v) is 15.4. The maximum absolute atomic E-state index is 13.2. The van der Waals surface area contributed by atoms with Crippen LogP contribution in [0.25, 0.3) is 0 Å². The fourth-order valence-corrected chi connectivity index (χ4v) is 2.93. The molecule has 3 N–H and O–H groups in total. The molecule has 0 spiro atoms. The van der Waals surface area contributed by atoms with Crippen molar-refractivity contribution in [2.75, 3.05) is 0 Å². The molecule has 2 aromatic rings. The summed E-state index contributed by atoms with van der Waals surface area (Å²) in [6, 6.07) is 9.98. The quantitative estimate of drug-likeness (QED) is 0.432. The van der Waals surface area contributed by atoms with E-state index >= 15 is 0 Å². The minimum Gasteiger partial charge on any atom is -0.367 e. The average molecular weight is 429 g/mol. The number of hydrogen-bond acceptors (Lipinski definition) is 5. The Morgan fingerprint density at radius 1 is 1.32 bits per heavy atom. The minimum atomic E-state index is -4.22. The van der Waals surface area contributed by atoms with Gasteiger partial charge >= 0.3 is 10.1 Å². The first-order valence-electron chi connectivity index (χ1n) is 6.83. The summed E-state index contributed by atoms with van der Waals surface area (Å²) in [4.78, 5) is -0.107. The van der Waals surface area contributed by atoms with E-state index in [4.69, 9.17) is 15.4 Å². The fourth-order valence-electron chi connectivity index (χ4n) is 1.67. The second-order valence-corrected chi connectivity index (χ2v) is 7.30. The zero-order chi connectivity index (χ0) is 18.6. The van der Waals surface area contributed by atoms with Crippen LogP contribution in [0.4, 0.5) is 4.39 Å². The van der Waals surface area contributed by atoms with Crippen molar-refractivity contribution in [1.82, 2.24) is 5.17 Å². The molecule has 10 heteroatoms. The van der Waals surface area contributed by atoms with Crippen molar-refractivity contribution in [2.24, 2.45) is 10.8 Å². The highest BCUT2D eigenvalue weighted by Crippen LogP contribution is 2.17. The van der Waals surface area contributed by atoms with Gasteiger partial charge in [0.2, 0.25) is 5.96 Å². The van der Waals surface area contributed by atoms with Gasteiger partial charge in [-0.2, -0.15) is 8.42 Å². The maximum Gasteiger partial charge on any atom is 0.319 e. The molecule has 0 aliphatic carbocycles. The second-order valence-electron chi connectivity index (χ2n) is 4.92. The predicted molar refractivity (Wildman–Crippen MR) is 94.9 cm³/mol. The SMILES string of the molecule is Cc1ccc(S(=O)(=O)ON(N=Cc2ccc(F)c(Br)c2)C(=N)N)cc1. The van der Waals surface area contributed by atoms with Gasteiger partial charge < -0.3 is 5.73 Å². The molecule has 0 bridgehead atoms. The van der Waals surface area contributed by atoms with E-state index in [0.29, 0.717) is 10.7 Å². The van der Waals surface area contributed by atoms with Crippen molar-refractivity contribution in [3.63, 3.8) is 0 Å². The van der Waals surface area contributed by atoms with Crippen LogP contribution in [-0.4, -0.2) is 25.8 Å². The van der Waals surface area contributed by atoms with Crippen molar-refractivity contribution >= 4 is 38.2 Å². The number of nitrogens with one attached hydrogen (secondary N) is 1. The molecule has 0 amide bonds. The third-order valence-corrected chi connectivity index (χ3v) is 4.73. The largest absolute Gasteiger partial charge is 0.367 e. The van der Waals surface area contributed by atoms with E-state index in [1.54, 1.807) is 12.1 Å². The first kappa shape index (κ1) is 19.0. The number of aryl methyl sites for hydroxylation is 1. The number of guanidine groups is 1. The molecule has 0 saturated heterocycles. The zero-order valence-electron chi connectivity index (χ0n) is 13.0. The Morgan fingerprint density at radius 2 is 1.96 bits per heavy atom. The number of hydroxylamine groups is 1. The van der Waals surface area contributed by atoms with Crippen LogP contribution in [-0.2, 0) is 14.4 Å². The molecule has 25 heavy (non-hydrogen) atoms. The molecular formula is C15H14BrFN4O3S. The van der Waals surface area contributed by atoms with Crippen LogP contribution in [0.2, 0.25) is 0 Å². The van der Waals surface area contributed by atoms with Gasteiger partial charge in [0.1, 0.15) is 5.82 Å². The molecule has 0 aromatic heterocycles. The van der Waals surface area contributed by atoms with Gasteiger partial charge in [-0.1, -0.05) is 28.9 Å². The molecule has 0 fully saturated rings. The van der Waals surface area contributed by atoms with Crippen LogP contribution in [0.15, 0.2) is 56.9 Å². The molecule has 0 radical (unpaired) electrons. The summed E-state index contributed by atoms with van der Waals surface area (Å²) in [5.74, 6) is -1.20. The third-order valence-electron chi connectivity index (χ3n) is 2.94. The number of benzene rings is 2. The highest BCUT2D eigenvalue weighted by Gasteiger charge is 2.21. The number of hydrazone groups is 1. The van der Waals surface area contributed by atoms with E-state index < -0.39 is 21.9 Å². The molecule has 132 valence electrons. The summed E-state index contributed by atoms with van der Waals surface area (Å²) < 4.78 is 42.6. The number of halogens is 2. The van der Waals surface area contributed by atoms with Crippen molar-refractivity contribution in [3.05, 3.63) is 63.9 Å². The highest BCUT2D eigenvalue weighted by atomic mass is 79.9. The standard InChI is InChI=1S/C15H14BrFN4O3S/c1-10-2-5-12(6-3-10)25(22,23)24-21(15(18)19)20-9-11-4-7-14(17)13(16)8-11/h2-9H,1H3,(H3,18,19). The molecule has 7 nitrogen and oxygen atoms in total. The lowest BCUT2D eigenvalue weighted by Gasteiger charge is -2.15. The Hall–Kier alpha value is -2.30. The molecular weight excluding hydrogens is 415 g/mol. The molecule has 2 rings (SSSR count). The normalized spacial score (nSPS) is 11.6. The smallest absolute Gasteiger partial charge is 0.319 e. The Morgan fingerprint density at radius 3 is 2.52 bits per heavy atom. The van der Waals surface area contributed by atoms with Crippen LogP contribution >= 0.6 is 15.9 Å². The summed E-state index contributed by atoms with van der Waals surface area (Å²) in [5.41, 5.74) is 6.62. The van der Waals surface area contributed by atoms with Crippen LogP contribution in [0.5, 0.6) is 0 Å². The molecule has 0 unspecified atom stereocenters. The Bertz CT molecular complexity index is 917. The Kier molecular flexibility index (Phi) is 5.88. The summed E-state index contributed by atoms with van der Waals surface area (Å²) in [7, 11) is -4.22. The first-order valence-corrected chi connectivity index (χ1v) is 9.03.